The van der Waals surface area contributed by atoms with Crippen LogP contribution in [0.25, 0.3) is 10.2 Å². The maximum absolute atomic E-state index is 13.6. The van der Waals surface area contributed by atoms with Crippen LogP contribution < -0.4 is 20.3 Å². The number of morpholine rings is 1. The fraction of sp³-hybridized carbons (Fsp3) is 0.161. The van der Waals surface area contributed by atoms with Crippen LogP contribution in [0.4, 0.5) is 32.1 Å². The van der Waals surface area contributed by atoms with E-state index in [0.717, 1.165) is 49.7 Å². The van der Waals surface area contributed by atoms with Crippen LogP contribution in [-0.4, -0.2) is 53.1 Å². The van der Waals surface area contributed by atoms with Gasteiger partial charge in [0.1, 0.15) is 33.4 Å². The number of aromatic nitrogens is 2. The summed E-state index contributed by atoms with van der Waals surface area (Å²) < 4.78 is 24.7. The minimum absolute atomic E-state index is 0.206. The van der Waals surface area contributed by atoms with Crippen LogP contribution in [0.1, 0.15) is 15.2 Å². The van der Waals surface area contributed by atoms with E-state index in [4.69, 9.17) is 21.1 Å². The van der Waals surface area contributed by atoms with Gasteiger partial charge in [0.25, 0.3) is 5.91 Å². The molecule has 4 heterocycles. The smallest absolute Gasteiger partial charge is 0.332 e. The Morgan fingerprint density at radius 2 is 1.91 bits per heavy atom. The standard InChI is InChI=1S/C31H24ClFN6O4S/c32-23-15-21(8-9-24(23)43-22-3-1-2-19(33)14-22)39-28-25-26(37-31(39)41)27(44-30(25)35-17-34-28)29(40)36-20-6-4-18(5-7-20)16-38-10-12-42-13-11-38/h1-9,14-15,17H,10-13,16H2,(H,36,40)(H,37,41). The molecule has 0 spiro atoms. The minimum Gasteiger partial charge on any atom is -0.456 e. The number of rotatable bonds is 7. The van der Waals surface area contributed by atoms with Crippen LogP contribution in [0.5, 0.6) is 11.5 Å². The van der Waals surface area contributed by atoms with Gasteiger partial charge < -0.3 is 20.1 Å². The van der Waals surface area contributed by atoms with Crippen molar-refractivity contribution in [2.24, 2.45) is 0 Å². The summed E-state index contributed by atoms with van der Waals surface area (Å²) in [6, 6.07) is 17.7. The summed E-state index contributed by atoms with van der Waals surface area (Å²) in [7, 11) is 0. The lowest BCUT2D eigenvalue weighted by Gasteiger charge is -2.27. The van der Waals surface area contributed by atoms with Crippen molar-refractivity contribution in [1.82, 2.24) is 14.9 Å². The molecule has 7 rings (SSSR count). The zero-order chi connectivity index (χ0) is 30.2. The van der Waals surface area contributed by atoms with Crippen LogP contribution in [0.3, 0.4) is 0 Å². The number of halogens is 2. The summed E-state index contributed by atoms with van der Waals surface area (Å²) >= 11 is 7.67. The molecule has 5 aromatic rings. The molecule has 2 aromatic heterocycles. The molecule has 10 nitrogen and oxygen atoms in total. The molecule has 1 fully saturated rings. The summed E-state index contributed by atoms with van der Waals surface area (Å²) in [6.45, 7) is 4.07. The van der Waals surface area contributed by atoms with Crippen molar-refractivity contribution >= 4 is 68.0 Å². The highest BCUT2D eigenvalue weighted by molar-refractivity contribution is 7.21. The van der Waals surface area contributed by atoms with Gasteiger partial charge in [-0.15, -0.1) is 11.3 Å². The highest BCUT2D eigenvalue weighted by atomic mass is 35.5. The molecule has 222 valence electrons. The van der Waals surface area contributed by atoms with E-state index in [2.05, 4.69) is 25.5 Å². The highest BCUT2D eigenvalue weighted by Crippen LogP contribution is 2.45. The maximum atomic E-state index is 13.6. The van der Waals surface area contributed by atoms with Gasteiger partial charge >= 0.3 is 6.03 Å². The number of urea groups is 1. The number of nitrogens with zero attached hydrogens (tertiary/aromatic N) is 4. The molecule has 1 saturated heterocycles. The van der Waals surface area contributed by atoms with Crippen molar-refractivity contribution in [3.63, 3.8) is 0 Å². The minimum atomic E-state index is -0.521. The van der Waals surface area contributed by atoms with Crippen LogP contribution >= 0.6 is 22.9 Å². The average molecular weight is 631 g/mol. The Morgan fingerprint density at radius 1 is 1.09 bits per heavy atom. The molecule has 0 aliphatic carbocycles. The normalized spacial score (nSPS) is 14.9. The number of nitrogens with one attached hydrogen (secondary N) is 2. The summed E-state index contributed by atoms with van der Waals surface area (Å²) in [6.07, 6.45) is 1.35. The second-order valence-corrected chi connectivity index (χ2v) is 11.6. The van der Waals surface area contributed by atoms with E-state index in [1.807, 2.05) is 24.3 Å². The van der Waals surface area contributed by atoms with E-state index < -0.39 is 11.8 Å². The van der Waals surface area contributed by atoms with Gasteiger partial charge in [0.15, 0.2) is 5.82 Å². The first kappa shape index (κ1) is 28.2. The van der Waals surface area contributed by atoms with Gasteiger partial charge in [0.2, 0.25) is 0 Å². The summed E-state index contributed by atoms with van der Waals surface area (Å²) in [5, 5.41) is 6.53. The lowest BCUT2D eigenvalue weighted by Crippen LogP contribution is -2.35. The summed E-state index contributed by atoms with van der Waals surface area (Å²) in [4.78, 5) is 40.2. The Kier molecular flexibility index (Phi) is 7.56. The molecule has 2 N–H and O–H groups in total. The van der Waals surface area contributed by atoms with Gasteiger partial charge in [0, 0.05) is 31.4 Å². The van der Waals surface area contributed by atoms with Gasteiger partial charge in [-0.2, -0.15) is 0 Å². The van der Waals surface area contributed by atoms with E-state index in [0.29, 0.717) is 38.0 Å². The van der Waals surface area contributed by atoms with Crippen molar-refractivity contribution in [2.75, 3.05) is 41.8 Å². The zero-order valence-corrected chi connectivity index (χ0v) is 24.6. The van der Waals surface area contributed by atoms with Crippen molar-refractivity contribution < 1.29 is 23.5 Å². The summed E-state index contributed by atoms with van der Waals surface area (Å²) in [5.74, 6) is 0.0722. The number of amides is 3. The van der Waals surface area contributed by atoms with E-state index in [-0.39, 0.29) is 22.4 Å². The lowest BCUT2D eigenvalue weighted by molar-refractivity contribution is 0.0342. The third-order valence-corrected chi connectivity index (χ3v) is 8.63. The SMILES string of the molecule is O=C(Nc1ccc(CN2CCOCC2)cc1)c1sc2ncnc3c2c1NC(=O)N3c1ccc(Oc2cccc(F)c2)c(Cl)c1. The third kappa shape index (κ3) is 5.55. The molecule has 3 amide bonds. The molecular formula is C31H24ClFN6O4S. The number of hydrogen-bond acceptors (Lipinski definition) is 8. The molecule has 44 heavy (non-hydrogen) atoms. The number of carbonyl (C=O) groups is 2. The predicted octanol–water partition coefficient (Wildman–Crippen LogP) is 7.04. The maximum Gasteiger partial charge on any atom is 0.332 e. The molecule has 2 aliphatic heterocycles. The van der Waals surface area contributed by atoms with Crippen LogP contribution in [0.2, 0.25) is 5.02 Å². The quantitative estimate of drug-likeness (QED) is 0.198. The zero-order valence-electron chi connectivity index (χ0n) is 23.0. The number of hydrogen-bond donors (Lipinski definition) is 2. The highest BCUT2D eigenvalue weighted by Gasteiger charge is 2.34. The molecule has 0 atom stereocenters. The Balaban J connectivity index is 1.13. The topological polar surface area (TPSA) is 109 Å². The third-order valence-electron chi connectivity index (χ3n) is 7.24. The lowest BCUT2D eigenvalue weighted by atomic mass is 10.1. The Bertz CT molecular complexity index is 1900. The molecule has 13 heteroatoms. The van der Waals surface area contributed by atoms with Crippen LogP contribution in [-0.2, 0) is 11.3 Å². The predicted molar refractivity (Wildman–Crippen MR) is 167 cm³/mol. The molecule has 0 saturated carbocycles. The van der Waals surface area contributed by atoms with E-state index in [1.54, 1.807) is 24.3 Å². The van der Waals surface area contributed by atoms with Gasteiger partial charge in [-0.3, -0.25) is 9.69 Å². The molecule has 3 aromatic carbocycles. The van der Waals surface area contributed by atoms with Crippen LogP contribution in [0.15, 0.2) is 73.1 Å². The number of ether oxygens (including phenoxy) is 2. The Labute approximate surface area is 260 Å². The summed E-state index contributed by atoms with van der Waals surface area (Å²) in [5.41, 5.74) is 2.54. The fourth-order valence-corrected chi connectivity index (χ4v) is 6.33. The number of thiophene rings is 1. The average Bonchev–Trinajstić information content (AvgIpc) is 3.39. The molecule has 2 aliphatic rings. The first-order valence-corrected chi connectivity index (χ1v) is 14.9. The molecule has 0 unspecified atom stereocenters. The van der Waals surface area contributed by atoms with Gasteiger partial charge in [-0.05, 0) is 48.0 Å². The first-order valence-electron chi connectivity index (χ1n) is 13.7. The van der Waals surface area contributed by atoms with Crippen molar-refractivity contribution in [1.29, 1.82) is 0 Å². The Morgan fingerprint density at radius 3 is 2.68 bits per heavy atom. The van der Waals surface area contributed by atoms with Gasteiger partial charge in [-0.1, -0.05) is 29.8 Å². The first-order chi connectivity index (χ1) is 21.4. The van der Waals surface area contributed by atoms with Crippen molar-refractivity contribution in [3.05, 3.63) is 94.3 Å². The fourth-order valence-electron chi connectivity index (χ4n) is 5.13. The van der Waals surface area contributed by atoms with E-state index in [1.165, 1.54) is 29.4 Å². The Hall–Kier alpha value is -4.62. The molecular weight excluding hydrogens is 607 g/mol. The number of carbonyl (C=O) groups excluding carboxylic acids is 2. The second kappa shape index (κ2) is 11.8. The van der Waals surface area contributed by atoms with Crippen molar-refractivity contribution in [2.45, 2.75) is 6.54 Å². The number of anilines is 4. The van der Waals surface area contributed by atoms with Crippen molar-refractivity contribution in [3.8, 4) is 11.5 Å². The van der Waals surface area contributed by atoms with Gasteiger partial charge in [0.05, 0.1) is 35.0 Å². The molecule has 0 bridgehead atoms. The monoisotopic (exact) mass is 630 g/mol. The number of benzene rings is 3. The van der Waals surface area contributed by atoms with Gasteiger partial charge in [-0.25, -0.2) is 24.1 Å². The largest absolute Gasteiger partial charge is 0.456 e. The molecule has 0 radical (unpaired) electrons. The van der Waals surface area contributed by atoms with E-state index in [9.17, 15) is 14.0 Å². The second-order valence-electron chi connectivity index (χ2n) is 10.2. The van der Waals surface area contributed by atoms with Crippen LogP contribution in [0, 0.1) is 5.82 Å². The van der Waals surface area contributed by atoms with E-state index >= 15 is 0 Å².